The fourth-order valence-electron chi connectivity index (χ4n) is 3.77. The average molecular weight is 369 g/mol. The summed E-state index contributed by atoms with van der Waals surface area (Å²) in [6, 6.07) is 13.1. The quantitative estimate of drug-likeness (QED) is 0.508. The van der Waals surface area contributed by atoms with Crippen molar-refractivity contribution in [2.45, 2.75) is 51.9 Å². The molecule has 0 atom stereocenters. The molecule has 0 saturated heterocycles. The molecular formula is C24H26ClF. The van der Waals surface area contributed by atoms with Crippen molar-refractivity contribution in [2.24, 2.45) is 11.8 Å². The summed E-state index contributed by atoms with van der Waals surface area (Å²) in [5.41, 5.74) is 2.97. The van der Waals surface area contributed by atoms with Crippen molar-refractivity contribution in [1.29, 1.82) is 0 Å². The normalized spacial score (nSPS) is 19.7. The predicted octanol–water partition coefficient (Wildman–Crippen LogP) is 7.03. The van der Waals surface area contributed by atoms with E-state index < -0.39 is 5.82 Å². The Bertz CT molecular complexity index is 774. The lowest BCUT2D eigenvalue weighted by molar-refractivity contribution is 0.259. The lowest BCUT2D eigenvalue weighted by Gasteiger charge is -2.27. The van der Waals surface area contributed by atoms with Crippen LogP contribution >= 0.6 is 11.6 Å². The van der Waals surface area contributed by atoms with E-state index in [2.05, 4.69) is 43.0 Å². The Morgan fingerprint density at radius 3 is 2.19 bits per heavy atom. The minimum atomic E-state index is -0.429. The van der Waals surface area contributed by atoms with Gasteiger partial charge >= 0.3 is 0 Å². The van der Waals surface area contributed by atoms with Gasteiger partial charge in [0.1, 0.15) is 5.82 Å². The molecule has 0 N–H and O–H groups in total. The second-order valence-corrected chi connectivity index (χ2v) is 7.82. The van der Waals surface area contributed by atoms with E-state index in [0.717, 1.165) is 23.8 Å². The molecule has 0 nitrogen and oxygen atoms in total. The highest BCUT2D eigenvalue weighted by molar-refractivity contribution is 6.30. The molecule has 0 spiro atoms. The Morgan fingerprint density at radius 1 is 0.923 bits per heavy atom. The van der Waals surface area contributed by atoms with Crippen molar-refractivity contribution in [3.05, 3.63) is 70.0 Å². The van der Waals surface area contributed by atoms with Gasteiger partial charge in [-0.2, -0.15) is 0 Å². The van der Waals surface area contributed by atoms with Gasteiger partial charge in [0.05, 0.1) is 5.02 Å². The highest BCUT2D eigenvalue weighted by atomic mass is 35.5. The first-order valence-corrected chi connectivity index (χ1v) is 10.1. The van der Waals surface area contributed by atoms with E-state index >= 15 is 0 Å². The highest BCUT2D eigenvalue weighted by Crippen LogP contribution is 2.33. The van der Waals surface area contributed by atoms with E-state index in [1.807, 2.05) is 0 Å². The summed E-state index contributed by atoms with van der Waals surface area (Å²) in [6.45, 7) is 2.32. The van der Waals surface area contributed by atoms with Gasteiger partial charge in [0.15, 0.2) is 0 Å². The van der Waals surface area contributed by atoms with Crippen LogP contribution in [0.1, 0.15) is 62.1 Å². The molecule has 0 aliphatic heterocycles. The van der Waals surface area contributed by atoms with Gasteiger partial charge < -0.3 is 0 Å². The number of benzene rings is 2. The maximum atomic E-state index is 13.4. The van der Waals surface area contributed by atoms with Crippen LogP contribution in [0, 0.1) is 29.5 Å². The summed E-state index contributed by atoms with van der Waals surface area (Å²) in [5, 5.41) is 0.128. The molecular weight excluding hydrogens is 343 g/mol. The van der Waals surface area contributed by atoms with Gasteiger partial charge in [0.2, 0.25) is 0 Å². The van der Waals surface area contributed by atoms with Crippen LogP contribution in [0.4, 0.5) is 4.39 Å². The van der Waals surface area contributed by atoms with Crippen molar-refractivity contribution in [2.75, 3.05) is 0 Å². The van der Waals surface area contributed by atoms with E-state index in [1.54, 1.807) is 6.07 Å². The monoisotopic (exact) mass is 368 g/mol. The van der Waals surface area contributed by atoms with E-state index in [0.29, 0.717) is 5.56 Å². The van der Waals surface area contributed by atoms with Gasteiger partial charge in [0, 0.05) is 11.1 Å². The molecule has 2 aromatic rings. The average Bonchev–Trinajstić information content (AvgIpc) is 2.68. The summed E-state index contributed by atoms with van der Waals surface area (Å²) in [4.78, 5) is 0. The summed E-state index contributed by atoms with van der Waals surface area (Å²) in [6.07, 6.45) is 9.43. The van der Waals surface area contributed by atoms with Crippen molar-refractivity contribution >= 4 is 11.6 Å². The van der Waals surface area contributed by atoms with Crippen LogP contribution in [0.5, 0.6) is 0 Å². The molecule has 0 bridgehead atoms. The van der Waals surface area contributed by atoms with Crippen LogP contribution < -0.4 is 0 Å². The van der Waals surface area contributed by atoms with Crippen molar-refractivity contribution in [3.8, 4) is 11.8 Å². The standard InChI is InChI=1S/C24H26ClF/c1-2-18-3-5-19(6-4-18)7-8-20-9-11-21(12-10-20)13-14-22-15-16-23(25)24(26)17-22/h9-12,15-19H,2-8H2,1H3/t18-,19-. The zero-order valence-corrected chi connectivity index (χ0v) is 16.2. The van der Waals surface area contributed by atoms with Gasteiger partial charge in [-0.1, -0.05) is 74.6 Å². The topological polar surface area (TPSA) is 0 Å². The largest absolute Gasteiger partial charge is 0.205 e. The molecule has 0 radical (unpaired) electrons. The number of hydrogen-bond acceptors (Lipinski definition) is 0. The van der Waals surface area contributed by atoms with Crippen LogP contribution in [0.2, 0.25) is 5.02 Å². The van der Waals surface area contributed by atoms with E-state index in [1.165, 1.54) is 56.2 Å². The lowest BCUT2D eigenvalue weighted by Crippen LogP contribution is -2.14. The Kier molecular flexibility index (Phi) is 6.75. The summed E-state index contributed by atoms with van der Waals surface area (Å²) < 4.78 is 13.4. The molecule has 0 heterocycles. The van der Waals surface area contributed by atoms with Gasteiger partial charge in [-0.15, -0.1) is 0 Å². The Balaban J connectivity index is 1.52. The first-order valence-electron chi connectivity index (χ1n) is 9.70. The van der Waals surface area contributed by atoms with Crippen LogP contribution in [0.25, 0.3) is 0 Å². The molecule has 1 fully saturated rings. The molecule has 0 aromatic heterocycles. The molecule has 2 heteroatoms. The van der Waals surface area contributed by atoms with Crippen LogP contribution in [-0.4, -0.2) is 0 Å². The minimum Gasteiger partial charge on any atom is -0.205 e. The van der Waals surface area contributed by atoms with Gasteiger partial charge in [-0.05, 0) is 60.6 Å². The molecule has 2 aromatic carbocycles. The Hall–Kier alpha value is -1.78. The summed E-state index contributed by atoms with van der Waals surface area (Å²) in [5.74, 6) is 7.53. The molecule has 136 valence electrons. The smallest absolute Gasteiger partial charge is 0.143 e. The zero-order valence-electron chi connectivity index (χ0n) is 15.4. The molecule has 1 aliphatic carbocycles. The molecule has 1 aliphatic rings. The maximum absolute atomic E-state index is 13.4. The number of halogens is 2. The maximum Gasteiger partial charge on any atom is 0.143 e. The zero-order chi connectivity index (χ0) is 18.4. The van der Waals surface area contributed by atoms with Crippen LogP contribution in [-0.2, 0) is 6.42 Å². The van der Waals surface area contributed by atoms with Crippen molar-refractivity contribution in [1.82, 2.24) is 0 Å². The first kappa shape index (κ1) is 19.0. The predicted molar refractivity (Wildman–Crippen MR) is 108 cm³/mol. The first-order chi connectivity index (χ1) is 12.6. The van der Waals surface area contributed by atoms with Crippen molar-refractivity contribution in [3.63, 3.8) is 0 Å². The number of hydrogen-bond donors (Lipinski definition) is 0. The van der Waals surface area contributed by atoms with E-state index in [-0.39, 0.29) is 5.02 Å². The SMILES string of the molecule is CC[C@H]1CC[C@H](CCc2ccc(C#Cc3ccc(Cl)c(F)c3)cc2)CC1. The molecule has 1 saturated carbocycles. The van der Waals surface area contributed by atoms with Crippen molar-refractivity contribution < 1.29 is 4.39 Å². The van der Waals surface area contributed by atoms with Crippen LogP contribution in [0.3, 0.4) is 0 Å². The van der Waals surface area contributed by atoms with Gasteiger partial charge in [0.25, 0.3) is 0 Å². The number of aryl methyl sites for hydroxylation is 1. The van der Waals surface area contributed by atoms with Gasteiger partial charge in [-0.25, -0.2) is 4.39 Å². The Morgan fingerprint density at radius 2 is 1.54 bits per heavy atom. The Labute approximate surface area is 161 Å². The second-order valence-electron chi connectivity index (χ2n) is 7.41. The molecule has 0 unspecified atom stereocenters. The lowest BCUT2D eigenvalue weighted by atomic mass is 9.78. The number of rotatable bonds is 4. The minimum absolute atomic E-state index is 0.128. The second kappa shape index (κ2) is 9.24. The molecule has 3 rings (SSSR count). The molecule has 26 heavy (non-hydrogen) atoms. The van der Waals surface area contributed by atoms with E-state index in [9.17, 15) is 4.39 Å². The fraction of sp³-hybridized carbons (Fsp3) is 0.417. The summed E-state index contributed by atoms with van der Waals surface area (Å²) in [7, 11) is 0. The van der Waals surface area contributed by atoms with E-state index in [4.69, 9.17) is 11.6 Å². The third-order valence-corrected chi connectivity index (χ3v) is 5.92. The third-order valence-electron chi connectivity index (χ3n) is 5.61. The van der Waals surface area contributed by atoms with Crippen LogP contribution in [0.15, 0.2) is 42.5 Å². The summed E-state index contributed by atoms with van der Waals surface area (Å²) >= 11 is 5.69. The fourth-order valence-corrected chi connectivity index (χ4v) is 3.89. The highest BCUT2D eigenvalue weighted by Gasteiger charge is 2.19. The third kappa shape index (κ3) is 5.36. The molecule has 0 amide bonds. The van der Waals surface area contributed by atoms with Gasteiger partial charge in [-0.3, -0.25) is 0 Å².